The number of ether oxygens (including phenoxy) is 1. The van der Waals surface area contributed by atoms with Crippen molar-refractivity contribution < 1.29 is 18.3 Å². The highest BCUT2D eigenvalue weighted by Crippen LogP contribution is 2.22. The van der Waals surface area contributed by atoms with Crippen LogP contribution < -0.4 is 0 Å². The fourth-order valence-electron chi connectivity index (χ4n) is 0.338. The lowest BCUT2D eigenvalue weighted by molar-refractivity contribution is 0.136. The Morgan fingerprint density at radius 2 is 2.00 bits per heavy atom. The van der Waals surface area contributed by atoms with Crippen LogP contribution in [-0.2, 0) is 18.3 Å². The molecule has 60 valence electrons. The van der Waals surface area contributed by atoms with Crippen LogP contribution in [0.4, 0.5) is 0 Å². The fourth-order valence-corrected chi connectivity index (χ4v) is 0.847. The molecule has 0 bridgehead atoms. The van der Waals surface area contributed by atoms with Crippen LogP contribution in [0.3, 0.4) is 0 Å². The average Bonchev–Trinajstić information content (AvgIpc) is 1.89. The van der Waals surface area contributed by atoms with Gasteiger partial charge in [-0.05, 0) is 6.92 Å². The minimum absolute atomic E-state index is 0.311. The van der Waals surface area contributed by atoms with Gasteiger partial charge in [-0.2, -0.15) is 0 Å². The highest BCUT2D eigenvalue weighted by atomic mass is 31.1. The van der Waals surface area contributed by atoms with Gasteiger partial charge >= 0.3 is 8.25 Å². The molecule has 1 unspecified atom stereocenters. The van der Waals surface area contributed by atoms with Crippen molar-refractivity contribution in [1.82, 2.24) is 0 Å². The lowest BCUT2D eigenvalue weighted by atomic mass is 10.8. The van der Waals surface area contributed by atoms with Crippen molar-refractivity contribution >= 4 is 8.25 Å². The van der Waals surface area contributed by atoms with E-state index in [2.05, 4.69) is 13.8 Å². The summed E-state index contributed by atoms with van der Waals surface area (Å²) >= 11 is 0. The molecule has 0 aromatic heterocycles. The van der Waals surface area contributed by atoms with E-state index in [1.807, 2.05) is 0 Å². The summed E-state index contributed by atoms with van der Waals surface area (Å²) in [5.74, 6) is 0. The Hall–Kier alpha value is -0.0200. The molecule has 0 rings (SSSR count). The molecule has 10 heavy (non-hydrogen) atoms. The molecule has 0 N–H and O–H groups in total. The third-order valence-electron chi connectivity index (χ3n) is 0.719. The molecule has 0 saturated carbocycles. The van der Waals surface area contributed by atoms with Crippen LogP contribution in [0.1, 0.15) is 6.92 Å². The van der Waals surface area contributed by atoms with Gasteiger partial charge in [0.2, 0.25) is 0 Å². The Labute approximate surface area is 61.4 Å². The predicted octanol–water partition coefficient (Wildman–Crippen LogP) is 1.34. The molecule has 0 spiro atoms. The van der Waals surface area contributed by atoms with E-state index in [1.165, 1.54) is 0 Å². The molecule has 0 aliphatic carbocycles. The SMILES string of the molecule is CCO[P+](=O)OCCOC. The van der Waals surface area contributed by atoms with Crippen LogP contribution in [0.25, 0.3) is 0 Å². The van der Waals surface area contributed by atoms with E-state index in [1.54, 1.807) is 14.0 Å². The second-order valence-electron chi connectivity index (χ2n) is 1.47. The summed E-state index contributed by atoms with van der Waals surface area (Å²) in [5.41, 5.74) is 0. The molecule has 0 saturated heterocycles. The molecule has 5 heteroatoms. The monoisotopic (exact) mass is 167 g/mol. The first kappa shape index (κ1) is 9.98. The third-order valence-corrected chi connectivity index (χ3v) is 1.58. The number of methoxy groups -OCH3 is 1. The van der Waals surface area contributed by atoms with Crippen molar-refractivity contribution in [2.75, 3.05) is 26.9 Å². The van der Waals surface area contributed by atoms with Gasteiger partial charge in [-0.15, -0.1) is 9.05 Å². The number of hydrogen-bond donors (Lipinski definition) is 0. The summed E-state index contributed by atoms with van der Waals surface area (Å²) in [7, 11) is -0.370. The van der Waals surface area contributed by atoms with Gasteiger partial charge in [-0.1, -0.05) is 0 Å². The summed E-state index contributed by atoms with van der Waals surface area (Å²) in [6.45, 7) is 2.91. The first-order valence-electron chi connectivity index (χ1n) is 3.03. The van der Waals surface area contributed by atoms with E-state index in [0.717, 1.165) is 0 Å². The molecule has 1 atom stereocenters. The van der Waals surface area contributed by atoms with E-state index >= 15 is 0 Å². The van der Waals surface area contributed by atoms with Gasteiger partial charge in [0.15, 0.2) is 0 Å². The molecule has 0 aromatic carbocycles. The van der Waals surface area contributed by atoms with Crippen molar-refractivity contribution in [2.45, 2.75) is 6.92 Å². The molecule has 0 aliphatic heterocycles. The van der Waals surface area contributed by atoms with Crippen molar-refractivity contribution in [3.63, 3.8) is 0 Å². The van der Waals surface area contributed by atoms with Crippen LogP contribution in [0, 0.1) is 0 Å². The molecule has 0 heterocycles. The molecular formula is C5H12O4P+. The molecule has 0 fully saturated rings. The van der Waals surface area contributed by atoms with Gasteiger partial charge in [0.25, 0.3) is 0 Å². The van der Waals surface area contributed by atoms with Crippen LogP contribution in [0.5, 0.6) is 0 Å². The normalized spacial score (nSPS) is 11.6. The zero-order valence-corrected chi connectivity index (χ0v) is 7.10. The summed E-state index contributed by atoms with van der Waals surface area (Å²) in [6.07, 6.45) is 0. The van der Waals surface area contributed by atoms with Gasteiger partial charge in [0, 0.05) is 11.7 Å². The van der Waals surface area contributed by atoms with Crippen LogP contribution in [-0.4, -0.2) is 26.9 Å². The lowest BCUT2D eigenvalue weighted by Gasteiger charge is -1.88. The molecular weight excluding hydrogens is 155 g/mol. The average molecular weight is 167 g/mol. The Balaban J connectivity index is 3.05. The number of hydrogen-bond acceptors (Lipinski definition) is 4. The van der Waals surface area contributed by atoms with Crippen LogP contribution >= 0.6 is 8.25 Å². The first-order valence-corrected chi connectivity index (χ1v) is 4.12. The van der Waals surface area contributed by atoms with Gasteiger partial charge in [0.05, 0.1) is 6.61 Å². The molecule has 4 nitrogen and oxygen atoms in total. The van der Waals surface area contributed by atoms with E-state index in [0.29, 0.717) is 19.8 Å². The molecule has 0 radical (unpaired) electrons. The highest BCUT2D eigenvalue weighted by molar-refractivity contribution is 7.33. The smallest absolute Gasteiger partial charge is 0.382 e. The van der Waals surface area contributed by atoms with E-state index < -0.39 is 8.25 Å². The lowest BCUT2D eigenvalue weighted by Crippen LogP contribution is -1.96. The summed E-state index contributed by atoms with van der Waals surface area (Å²) in [6, 6.07) is 0. The van der Waals surface area contributed by atoms with Gasteiger partial charge in [-0.25, -0.2) is 0 Å². The van der Waals surface area contributed by atoms with Gasteiger partial charge in [0.1, 0.15) is 13.2 Å². The predicted molar refractivity (Wildman–Crippen MR) is 37.1 cm³/mol. The van der Waals surface area contributed by atoms with E-state index in [-0.39, 0.29) is 0 Å². The topological polar surface area (TPSA) is 44.8 Å². The maximum absolute atomic E-state index is 10.6. The Morgan fingerprint density at radius 3 is 2.50 bits per heavy atom. The standard InChI is InChI=1S/C5H12O4P/c1-3-8-10(6)9-5-4-7-2/h3-5H2,1-2H3/q+1. The Morgan fingerprint density at radius 1 is 1.30 bits per heavy atom. The maximum Gasteiger partial charge on any atom is 0.697 e. The summed E-state index contributed by atoms with van der Waals surface area (Å²) in [4.78, 5) is 0. The molecule has 0 amide bonds. The fraction of sp³-hybridized carbons (Fsp3) is 1.00. The summed E-state index contributed by atoms with van der Waals surface area (Å²) in [5, 5.41) is 0. The zero-order chi connectivity index (χ0) is 7.82. The van der Waals surface area contributed by atoms with Crippen molar-refractivity contribution in [3.05, 3.63) is 0 Å². The minimum Gasteiger partial charge on any atom is -0.382 e. The second-order valence-corrected chi connectivity index (χ2v) is 2.43. The minimum atomic E-state index is -1.92. The van der Waals surface area contributed by atoms with Crippen molar-refractivity contribution in [3.8, 4) is 0 Å². The van der Waals surface area contributed by atoms with Gasteiger partial charge in [-0.3, -0.25) is 0 Å². The van der Waals surface area contributed by atoms with E-state index in [9.17, 15) is 4.57 Å². The van der Waals surface area contributed by atoms with Crippen LogP contribution in [0.2, 0.25) is 0 Å². The second kappa shape index (κ2) is 7.09. The quantitative estimate of drug-likeness (QED) is 0.442. The highest BCUT2D eigenvalue weighted by Gasteiger charge is 2.17. The Bertz CT molecular complexity index is 95.6. The molecule has 0 aromatic rings. The molecule has 0 aliphatic rings. The maximum atomic E-state index is 10.6. The summed E-state index contributed by atoms with van der Waals surface area (Å²) < 4.78 is 24.5. The van der Waals surface area contributed by atoms with E-state index in [4.69, 9.17) is 0 Å². The zero-order valence-electron chi connectivity index (χ0n) is 6.20. The largest absolute Gasteiger partial charge is 0.697 e. The third kappa shape index (κ3) is 6.11. The van der Waals surface area contributed by atoms with Crippen molar-refractivity contribution in [2.24, 2.45) is 0 Å². The number of rotatable bonds is 6. The van der Waals surface area contributed by atoms with Gasteiger partial charge < -0.3 is 4.74 Å². The van der Waals surface area contributed by atoms with Crippen molar-refractivity contribution in [1.29, 1.82) is 0 Å². The van der Waals surface area contributed by atoms with Crippen LogP contribution in [0.15, 0.2) is 0 Å². The first-order chi connectivity index (χ1) is 4.81. The Kier molecular flexibility index (Phi) is 7.08.